The van der Waals surface area contributed by atoms with Gasteiger partial charge in [-0.1, -0.05) is 13.8 Å². The molecule has 158 valence electrons. The van der Waals surface area contributed by atoms with Crippen LogP contribution in [0.2, 0.25) is 0 Å². The Labute approximate surface area is 181 Å². The molecule has 0 saturated heterocycles. The molecule has 9 heteroatoms. The molecule has 3 aromatic heterocycles. The highest BCUT2D eigenvalue weighted by Crippen LogP contribution is 2.39. The standard InChI is InChI=1S/C21H24N4O3S2/c1-4-12-8-14-19(29-12)23-11(3)25(21(14)28)9-16(26)24-20-17(18(22)27)13-6-5-10(2)7-15(13)30-20/h8,10H,4-7,9H2,1-3H3,(H2,22,27)(H,24,26). The second-order valence-electron chi connectivity index (χ2n) is 7.80. The van der Waals surface area contributed by atoms with Crippen LogP contribution in [0.15, 0.2) is 10.9 Å². The Bertz CT molecular complexity index is 1220. The maximum Gasteiger partial charge on any atom is 0.262 e. The number of hydrogen-bond acceptors (Lipinski definition) is 6. The third-order valence-corrected chi connectivity index (χ3v) is 7.90. The Balaban J connectivity index is 1.63. The van der Waals surface area contributed by atoms with Crippen LogP contribution in [0.5, 0.6) is 0 Å². The molecule has 4 rings (SSSR count). The number of carbonyl (C=O) groups excluding carboxylic acids is 2. The predicted octanol–water partition coefficient (Wildman–Crippen LogP) is 3.25. The number of primary amides is 1. The summed E-state index contributed by atoms with van der Waals surface area (Å²) in [7, 11) is 0. The third-order valence-electron chi connectivity index (χ3n) is 5.55. The van der Waals surface area contributed by atoms with Crippen molar-refractivity contribution in [3.8, 4) is 0 Å². The number of fused-ring (bicyclic) bond motifs is 2. The molecule has 3 aromatic rings. The van der Waals surface area contributed by atoms with E-state index in [2.05, 4.69) is 17.2 Å². The lowest BCUT2D eigenvalue weighted by molar-refractivity contribution is -0.116. The first-order valence-corrected chi connectivity index (χ1v) is 11.7. The molecular formula is C21H24N4O3S2. The van der Waals surface area contributed by atoms with Crippen molar-refractivity contribution in [1.82, 2.24) is 9.55 Å². The number of nitrogens with two attached hydrogens (primary N) is 1. The molecule has 2 amide bonds. The second-order valence-corrected chi connectivity index (χ2v) is 10.0. The first kappa shape index (κ1) is 20.7. The monoisotopic (exact) mass is 444 g/mol. The Hall–Kier alpha value is -2.52. The van der Waals surface area contributed by atoms with Crippen molar-refractivity contribution < 1.29 is 9.59 Å². The van der Waals surface area contributed by atoms with E-state index in [1.165, 1.54) is 27.2 Å². The first-order valence-electron chi connectivity index (χ1n) is 10.0. The molecular weight excluding hydrogens is 420 g/mol. The molecule has 1 aliphatic rings. The van der Waals surface area contributed by atoms with Gasteiger partial charge in [0.05, 0.1) is 10.9 Å². The van der Waals surface area contributed by atoms with Crippen molar-refractivity contribution in [1.29, 1.82) is 0 Å². The minimum atomic E-state index is -0.529. The fourth-order valence-electron chi connectivity index (χ4n) is 3.94. The normalized spacial score (nSPS) is 15.9. The average Bonchev–Trinajstić information content (AvgIpc) is 3.25. The van der Waals surface area contributed by atoms with Gasteiger partial charge >= 0.3 is 0 Å². The lowest BCUT2D eigenvalue weighted by Crippen LogP contribution is -2.30. The Kier molecular flexibility index (Phi) is 5.50. The number of hydrogen-bond donors (Lipinski definition) is 2. The van der Waals surface area contributed by atoms with E-state index in [4.69, 9.17) is 5.73 Å². The molecule has 0 fully saturated rings. The molecule has 0 saturated carbocycles. The first-order chi connectivity index (χ1) is 14.3. The molecule has 7 nitrogen and oxygen atoms in total. The lowest BCUT2D eigenvalue weighted by Gasteiger charge is -2.18. The second kappa shape index (κ2) is 7.96. The van der Waals surface area contributed by atoms with Crippen LogP contribution in [0, 0.1) is 12.8 Å². The van der Waals surface area contributed by atoms with Crippen molar-refractivity contribution in [2.45, 2.75) is 53.0 Å². The van der Waals surface area contributed by atoms with Crippen LogP contribution in [0.1, 0.15) is 51.8 Å². The summed E-state index contributed by atoms with van der Waals surface area (Å²) in [4.78, 5) is 45.2. The molecule has 1 unspecified atom stereocenters. The van der Waals surface area contributed by atoms with Crippen LogP contribution >= 0.6 is 22.7 Å². The van der Waals surface area contributed by atoms with E-state index in [0.717, 1.165) is 41.0 Å². The molecule has 0 aliphatic heterocycles. The van der Waals surface area contributed by atoms with Gasteiger partial charge in [0.15, 0.2) is 0 Å². The molecule has 0 radical (unpaired) electrons. The maximum atomic E-state index is 12.9. The zero-order valence-electron chi connectivity index (χ0n) is 17.2. The van der Waals surface area contributed by atoms with E-state index in [0.29, 0.717) is 32.5 Å². The van der Waals surface area contributed by atoms with Gasteiger partial charge in [-0.3, -0.25) is 19.0 Å². The van der Waals surface area contributed by atoms with Gasteiger partial charge in [0, 0.05) is 9.75 Å². The van der Waals surface area contributed by atoms with Crippen molar-refractivity contribution in [3.05, 3.63) is 43.1 Å². The van der Waals surface area contributed by atoms with Crippen molar-refractivity contribution in [2.75, 3.05) is 5.32 Å². The molecule has 3 heterocycles. The Morgan fingerprint density at radius 2 is 2.13 bits per heavy atom. The number of aromatic nitrogens is 2. The van der Waals surface area contributed by atoms with Gasteiger partial charge in [-0.2, -0.15) is 0 Å². The number of nitrogens with one attached hydrogen (secondary N) is 1. The van der Waals surface area contributed by atoms with Gasteiger partial charge in [0.2, 0.25) is 5.91 Å². The number of amides is 2. The topological polar surface area (TPSA) is 107 Å². The van der Waals surface area contributed by atoms with E-state index in [1.807, 2.05) is 13.0 Å². The van der Waals surface area contributed by atoms with Crippen LogP contribution in [-0.4, -0.2) is 21.4 Å². The summed E-state index contributed by atoms with van der Waals surface area (Å²) in [6.45, 7) is 5.76. The minimum absolute atomic E-state index is 0.165. The molecule has 0 bridgehead atoms. The summed E-state index contributed by atoms with van der Waals surface area (Å²) in [6, 6.07) is 1.85. The third kappa shape index (κ3) is 3.67. The number of carbonyl (C=O) groups is 2. The van der Waals surface area contributed by atoms with Gasteiger partial charge in [0.1, 0.15) is 22.2 Å². The average molecular weight is 445 g/mol. The van der Waals surface area contributed by atoms with E-state index >= 15 is 0 Å². The fourth-order valence-corrected chi connectivity index (χ4v) is 6.37. The van der Waals surface area contributed by atoms with E-state index in [9.17, 15) is 14.4 Å². The number of nitrogens with zero attached hydrogens (tertiary/aromatic N) is 2. The number of rotatable bonds is 5. The fraction of sp³-hybridized carbons (Fsp3) is 0.429. The number of thiophene rings is 2. The summed E-state index contributed by atoms with van der Waals surface area (Å²) < 4.78 is 1.38. The molecule has 3 N–H and O–H groups in total. The Morgan fingerprint density at radius 3 is 2.83 bits per heavy atom. The summed E-state index contributed by atoms with van der Waals surface area (Å²) >= 11 is 2.92. The SMILES string of the molecule is CCc1cc2c(=O)n(CC(=O)Nc3sc4c(c3C(N)=O)CCC(C)C4)c(C)nc2s1. The zero-order valence-corrected chi connectivity index (χ0v) is 18.8. The molecule has 1 atom stereocenters. The van der Waals surface area contributed by atoms with Gasteiger partial charge in [-0.25, -0.2) is 4.98 Å². The van der Waals surface area contributed by atoms with E-state index < -0.39 is 5.91 Å². The summed E-state index contributed by atoms with van der Waals surface area (Å²) in [5.41, 5.74) is 6.78. The zero-order chi connectivity index (χ0) is 21.6. The van der Waals surface area contributed by atoms with E-state index in [1.54, 1.807) is 6.92 Å². The minimum Gasteiger partial charge on any atom is -0.365 e. The maximum absolute atomic E-state index is 12.9. The highest BCUT2D eigenvalue weighted by Gasteiger charge is 2.27. The van der Waals surface area contributed by atoms with Crippen molar-refractivity contribution >= 4 is 49.7 Å². The van der Waals surface area contributed by atoms with Crippen LogP contribution in [0.3, 0.4) is 0 Å². The summed E-state index contributed by atoms with van der Waals surface area (Å²) in [6.07, 6.45) is 3.50. The van der Waals surface area contributed by atoms with Gasteiger partial charge in [-0.15, -0.1) is 22.7 Å². The highest BCUT2D eigenvalue weighted by molar-refractivity contribution is 7.18. The molecule has 0 spiro atoms. The van der Waals surface area contributed by atoms with Crippen molar-refractivity contribution in [2.24, 2.45) is 11.7 Å². The largest absolute Gasteiger partial charge is 0.365 e. The lowest BCUT2D eigenvalue weighted by atomic mass is 9.88. The quantitative estimate of drug-likeness (QED) is 0.630. The number of anilines is 1. The van der Waals surface area contributed by atoms with Gasteiger partial charge in [-0.05, 0) is 50.2 Å². The smallest absolute Gasteiger partial charge is 0.262 e. The van der Waals surface area contributed by atoms with Crippen LogP contribution in [0.25, 0.3) is 10.2 Å². The molecule has 1 aliphatic carbocycles. The van der Waals surface area contributed by atoms with E-state index in [-0.39, 0.29) is 18.0 Å². The summed E-state index contributed by atoms with van der Waals surface area (Å²) in [5.74, 6) is 0.125. The van der Waals surface area contributed by atoms with Crippen molar-refractivity contribution in [3.63, 3.8) is 0 Å². The van der Waals surface area contributed by atoms with Gasteiger partial charge < -0.3 is 11.1 Å². The highest BCUT2D eigenvalue weighted by atomic mass is 32.1. The Morgan fingerprint density at radius 1 is 1.37 bits per heavy atom. The van der Waals surface area contributed by atoms with Crippen LogP contribution in [0.4, 0.5) is 5.00 Å². The number of aryl methyl sites for hydroxylation is 2. The molecule has 30 heavy (non-hydrogen) atoms. The predicted molar refractivity (Wildman–Crippen MR) is 121 cm³/mol. The summed E-state index contributed by atoms with van der Waals surface area (Å²) in [5, 5.41) is 3.84. The van der Waals surface area contributed by atoms with Crippen LogP contribution < -0.4 is 16.6 Å². The van der Waals surface area contributed by atoms with Gasteiger partial charge in [0.25, 0.3) is 11.5 Å². The molecule has 0 aromatic carbocycles. The van der Waals surface area contributed by atoms with Crippen LogP contribution in [-0.2, 0) is 30.6 Å².